The van der Waals surface area contributed by atoms with Crippen LogP contribution in [0.15, 0.2) is 47.5 Å². The summed E-state index contributed by atoms with van der Waals surface area (Å²) in [5.74, 6) is 1.21. The van der Waals surface area contributed by atoms with Gasteiger partial charge in [-0.2, -0.15) is 0 Å². The van der Waals surface area contributed by atoms with Crippen LogP contribution in [0.25, 0.3) is 0 Å². The molecule has 3 atom stereocenters. The lowest BCUT2D eigenvalue weighted by molar-refractivity contribution is 0.257. The number of rotatable bonds is 1. The Morgan fingerprint density at radius 3 is 2.88 bits per heavy atom. The predicted molar refractivity (Wildman–Crippen MR) is 103 cm³/mol. The number of nitrogens with zero attached hydrogens (tertiary/aromatic N) is 3. The highest BCUT2D eigenvalue weighted by Gasteiger charge is 2.30. The van der Waals surface area contributed by atoms with Crippen molar-refractivity contribution >= 4 is 0 Å². The largest absolute Gasteiger partial charge is 0.316 e. The average Bonchev–Trinajstić information content (AvgIpc) is 3.10. The number of hydrogen-bond acceptors (Lipinski definition) is 4. The van der Waals surface area contributed by atoms with E-state index in [0.29, 0.717) is 17.9 Å². The van der Waals surface area contributed by atoms with Crippen molar-refractivity contribution in [3.8, 4) is 0 Å². The van der Waals surface area contributed by atoms with E-state index in [9.17, 15) is 4.79 Å². The third kappa shape index (κ3) is 3.60. The maximum absolute atomic E-state index is 11.6. The van der Waals surface area contributed by atoms with E-state index >= 15 is 0 Å². The summed E-state index contributed by atoms with van der Waals surface area (Å²) in [5, 5.41) is 3.43. The van der Waals surface area contributed by atoms with Crippen molar-refractivity contribution in [3.63, 3.8) is 0 Å². The van der Waals surface area contributed by atoms with E-state index < -0.39 is 0 Å². The van der Waals surface area contributed by atoms with Crippen molar-refractivity contribution in [2.45, 2.75) is 37.8 Å². The van der Waals surface area contributed by atoms with Crippen LogP contribution in [-0.4, -0.2) is 41.1 Å². The van der Waals surface area contributed by atoms with E-state index in [1.807, 2.05) is 29.1 Å². The van der Waals surface area contributed by atoms with E-state index in [4.69, 9.17) is 0 Å². The second kappa shape index (κ2) is 7.72. The molecule has 0 radical (unpaired) electrons. The summed E-state index contributed by atoms with van der Waals surface area (Å²) >= 11 is 0. The fraction of sp³-hybridized carbons (Fsp3) is 0.524. The molecule has 0 spiro atoms. The second-order valence-electron chi connectivity index (χ2n) is 7.78. The topological polar surface area (TPSA) is 50.2 Å². The molecule has 5 nitrogen and oxygen atoms in total. The van der Waals surface area contributed by atoms with Gasteiger partial charge in [0.15, 0.2) is 0 Å². The fourth-order valence-corrected chi connectivity index (χ4v) is 4.65. The molecule has 2 aromatic heterocycles. The molecule has 5 heterocycles. The van der Waals surface area contributed by atoms with Gasteiger partial charge in [-0.3, -0.25) is 14.7 Å². The van der Waals surface area contributed by atoms with Gasteiger partial charge in [-0.15, -0.1) is 0 Å². The minimum absolute atomic E-state index is 0.166. The summed E-state index contributed by atoms with van der Waals surface area (Å²) in [6, 6.07) is 10.4. The van der Waals surface area contributed by atoms with Crippen LogP contribution >= 0.6 is 0 Å². The highest BCUT2D eigenvalue weighted by Crippen LogP contribution is 2.31. The van der Waals surface area contributed by atoms with Crippen LogP contribution in [0.5, 0.6) is 0 Å². The van der Waals surface area contributed by atoms with Crippen molar-refractivity contribution in [2.75, 3.05) is 26.7 Å². The zero-order valence-electron chi connectivity index (χ0n) is 15.5. The number of pyridine rings is 2. The number of aromatic nitrogens is 2. The summed E-state index contributed by atoms with van der Waals surface area (Å²) < 4.78 is 1.96. The third-order valence-electron chi connectivity index (χ3n) is 5.97. The van der Waals surface area contributed by atoms with E-state index in [1.54, 1.807) is 6.07 Å². The SMILES string of the molecule is CN1CCC[C@H]1c1cccnc1.O=c1cccc2n1C[C@@H]1CNC[C@H]2C1. The number of piperidine rings is 1. The molecular weight excluding hydrogens is 324 g/mol. The molecule has 0 aliphatic carbocycles. The normalized spacial score (nSPS) is 27.3. The van der Waals surface area contributed by atoms with Crippen LogP contribution < -0.4 is 10.9 Å². The van der Waals surface area contributed by atoms with Crippen LogP contribution in [0.4, 0.5) is 0 Å². The van der Waals surface area contributed by atoms with Gasteiger partial charge in [0.05, 0.1) is 0 Å². The number of nitrogens with one attached hydrogen (secondary N) is 1. The highest BCUT2D eigenvalue weighted by molar-refractivity contribution is 5.17. The summed E-state index contributed by atoms with van der Waals surface area (Å²) in [7, 11) is 2.19. The molecule has 2 bridgehead atoms. The first-order chi connectivity index (χ1) is 12.7. The van der Waals surface area contributed by atoms with Gasteiger partial charge in [0.2, 0.25) is 0 Å². The molecule has 5 rings (SSSR count). The van der Waals surface area contributed by atoms with Gasteiger partial charge < -0.3 is 9.88 Å². The zero-order chi connectivity index (χ0) is 17.9. The van der Waals surface area contributed by atoms with E-state index in [-0.39, 0.29) is 5.56 Å². The molecule has 2 saturated heterocycles. The average molecular weight is 352 g/mol. The molecule has 1 N–H and O–H groups in total. The quantitative estimate of drug-likeness (QED) is 0.856. The van der Waals surface area contributed by atoms with Crippen molar-refractivity contribution < 1.29 is 0 Å². The van der Waals surface area contributed by atoms with Gasteiger partial charge in [-0.05, 0) is 63.0 Å². The molecule has 3 aliphatic heterocycles. The third-order valence-corrected chi connectivity index (χ3v) is 5.97. The molecule has 0 amide bonds. The van der Waals surface area contributed by atoms with Gasteiger partial charge in [-0.25, -0.2) is 0 Å². The van der Waals surface area contributed by atoms with Crippen LogP contribution in [0.2, 0.25) is 0 Å². The molecule has 2 aromatic rings. The fourth-order valence-electron chi connectivity index (χ4n) is 4.65. The van der Waals surface area contributed by atoms with Gasteiger partial charge in [0, 0.05) is 49.2 Å². The van der Waals surface area contributed by atoms with E-state index in [2.05, 4.69) is 34.4 Å². The predicted octanol–water partition coefficient (Wildman–Crippen LogP) is 2.40. The molecule has 0 unspecified atom stereocenters. The van der Waals surface area contributed by atoms with Crippen molar-refractivity contribution in [1.82, 2.24) is 19.8 Å². The highest BCUT2D eigenvalue weighted by atomic mass is 16.1. The molecule has 5 heteroatoms. The van der Waals surface area contributed by atoms with Crippen LogP contribution in [0.3, 0.4) is 0 Å². The maximum Gasteiger partial charge on any atom is 0.250 e. The van der Waals surface area contributed by atoms with E-state index in [0.717, 1.165) is 19.6 Å². The Morgan fingerprint density at radius 2 is 2.12 bits per heavy atom. The van der Waals surface area contributed by atoms with Crippen molar-refractivity contribution in [1.29, 1.82) is 0 Å². The van der Waals surface area contributed by atoms with Gasteiger partial charge >= 0.3 is 0 Å². The molecule has 138 valence electrons. The molecule has 2 fully saturated rings. The van der Waals surface area contributed by atoms with Gasteiger partial charge in [-0.1, -0.05) is 12.1 Å². The number of likely N-dealkylation sites (tertiary alicyclic amines) is 1. The summed E-state index contributed by atoms with van der Waals surface area (Å²) in [6.45, 7) is 4.22. The Kier molecular flexibility index (Phi) is 5.18. The summed E-state index contributed by atoms with van der Waals surface area (Å²) in [4.78, 5) is 18.2. The summed E-state index contributed by atoms with van der Waals surface area (Å²) in [6.07, 6.45) is 7.65. The van der Waals surface area contributed by atoms with Gasteiger partial charge in [0.25, 0.3) is 5.56 Å². The minimum atomic E-state index is 0.166. The first kappa shape index (κ1) is 17.4. The number of fused-ring (bicyclic) bond motifs is 4. The molecule has 0 aromatic carbocycles. The Hall–Kier alpha value is -1.98. The minimum Gasteiger partial charge on any atom is -0.316 e. The van der Waals surface area contributed by atoms with Crippen LogP contribution in [0, 0.1) is 5.92 Å². The monoisotopic (exact) mass is 352 g/mol. The Balaban J connectivity index is 0.000000131. The molecule has 0 saturated carbocycles. The second-order valence-corrected chi connectivity index (χ2v) is 7.78. The lowest BCUT2D eigenvalue weighted by atomic mass is 9.84. The molecular formula is C21H28N4O. The lowest BCUT2D eigenvalue weighted by Crippen LogP contribution is -2.44. The van der Waals surface area contributed by atoms with Crippen LogP contribution in [0.1, 0.15) is 42.5 Å². The zero-order valence-corrected chi connectivity index (χ0v) is 15.5. The maximum atomic E-state index is 11.6. The number of hydrogen-bond donors (Lipinski definition) is 1. The Morgan fingerprint density at radius 1 is 1.19 bits per heavy atom. The first-order valence-electron chi connectivity index (χ1n) is 9.73. The lowest BCUT2D eigenvalue weighted by Gasteiger charge is -2.37. The standard InChI is InChI=1S/C11H14N2O.C10H14N2/c14-11-3-1-2-10-9-4-8(5-12-6-9)7-13(10)11;1-12-7-3-5-10(12)9-4-2-6-11-8-9/h1-3,8-9,12H,4-7H2;2,4,6,8,10H,3,5,7H2,1H3/t8-,9+;10-/m00/s1. The van der Waals surface area contributed by atoms with Gasteiger partial charge in [0.1, 0.15) is 0 Å². The van der Waals surface area contributed by atoms with Crippen LogP contribution in [-0.2, 0) is 6.54 Å². The summed E-state index contributed by atoms with van der Waals surface area (Å²) in [5.41, 5.74) is 2.75. The smallest absolute Gasteiger partial charge is 0.250 e. The van der Waals surface area contributed by atoms with Crippen molar-refractivity contribution in [3.05, 3.63) is 64.3 Å². The molecule has 3 aliphatic rings. The van der Waals surface area contributed by atoms with E-state index in [1.165, 1.54) is 37.1 Å². The molecule has 26 heavy (non-hydrogen) atoms. The Labute approximate surface area is 155 Å². The Bertz CT molecular complexity index is 788. The van der Waals surface area contributed by atoms with Crippen molar-refractivity contribution in [2.24, 2.45) is 5.92 Å². The first-order valence-corrected chi connectivity index (χ1v) is 9.73.